The van der Waals surface area contributed by atoms with Gasteiger partial charge in [-0.2, -0.15) is 0 Å². The van der Waals surface area contributed by atoms with Gasteiger partial charge in [-0.1, -0.05) is 6.07 Å². The van der Waals surface area contributed by atoms with E-state index < -0.39 is 0 Å². The predicted molar refractivity (Wildman–Crippen MR) is 142 cm³/mol. The Morgan fingerprint density at radius 2 is 2.11 bits per heavy atom. The number of imidazole rings is 1. The third-order valence-corrected chi connectivity index (χ3v) is 7.68. The monoisotopic (exact) mass is 501 g/mol. The van der Waals surface area contributed by atoms with E-state index in [2.05, 4.69) is 51.2 Å². The Balaban J connectivity index is 1.40. The van der Waals surface area contributed by atoms with E-state index in [0.717, 1.165) is 55.0 Å². The Labute approximate surface area is 211 Å². The number of nitrogens with zero attached hydrogens (tertiary/aromatic N) is 5. The number of H-pyrrole nitrogens is 1. The van der Waals surface area contributed by atoms with Crippen LogP contribution in [0, 0.1) is 0 Å². The molecule has 0 fully saturated rings. The number of ether oxygens (including phenoxy) is 1. The molecule has 1 aliphatic rings. The Morgan fingerprint density at radius 3 is 2.94 bits per heavy atom. The van der Waals surface area contributed by atoms with Crippen LogP contribution in [0.5, 0.6) is 0 Å². The first-order valence-electron chi connectivity index (χ1n) is 11.9. The molecule has 0 radical (unpaired) electrons. The summed E-state index contributed by atoms with van der Waals surface area (Å²) >= 11 is 1.53. The molecule has 5 heterocycles. The third-order valence-electron chi connectivity index (χ3n) is 6.60. The average Bonchev–Trinajstić information content (AvgIpc) is 3.46. The summed E-state index contributed by atoms with van der Waals surface area (Å²) in [7, 11) is 3.54. The van der Waals surface area contributed by atoms with Crippen molar-refractivity contribution in [3.05, 3.63) is 53.2 Å². The number of aromatic nitrogens is 5. The Bertz CT molecular complexity index is 1640. The van der Waals surface area contributed by atoms with Gasteiger partial charge in [0.2, 0.25) is 0 Å². The molecule has 0 spiro atoms. The van der Waals surface area contributed by atoms with Gasteiger partial charge in [0.05, 0.1) is 56.4 Å². The van der Waals surface area contributed by atoms with E-state index in [0.29, 0.717) is 25.1 Å². The quantitative estimate of drug-likeness (QED) is 0.369. The molecule has 36 heavy (non-hydrogen) atoms. The first-order chi connectivity index (χ1) is 17.3. The number of anilines is 1. The zero-order chi connectivity index (χ0) is 25.0. The maximum Gasteiger partial charge on any atom is 0.254 e. The molecular weight excluding hydrogens is 474 g/mol. The number of rotatable bonds is 5. The van der Waals surface area contributed by atoms with Crippen molar-refractivity contribution in [3.63, 3.8) is 0 Å². The summed E-state index contributed by atoms with van der Waals surface area (Å²) < 4.78 is 6.98. The lowest BCUT2D eigenvalue weighted by Crippen LogP contribution is -2.34. The van der Waals surface area contributed by atoms with Crippen LogP contribution in [0.25, 0.3) is 31.5 Å². The van der Waals surface area contributed by atoms with E-state index in [1.165, 1.54) is 16.9 Å². The summed E-state index contributed by atoms with van der Waals surface area (Å²) in [5, 5.41) is 4.26. The Hall–Kier alpha value is -3.63. The molecular formula is C26H27N7O2S. The summed E-state index contributed by atoms with van der Waals surface area (Å²) in [6.07, 6.45) is 4.73. The minimum atomic E-state index is -0.325. The van der Waals surface area contributed by atoms with Crippen molar-refractivity contribution < 1.29 is 9.53 Å². The minimum Gasteiger partial charge on any atom is -0.370 e. The summed E-state index contributed by atoms with van der Waals surface area (Å²) in [4.78, 5) is 37.4. The Morgan fingerprint density at radius 1 is 1.25 bits per heavy atom. The molecule has 5 aromatic rings. The van der Waals surface area contributed by atoms with Crippen molar-refractivity contribution in [1.82, 2.24) is 29.8 Å². The molecule has 1 aliphatic heterocycles. The number of benzene rings is 1. The lowest BCUT2D eigenvalue weighted by molar-refractivity contribution is -0.0414. The van der Waals surface area contributed by atoms with Gasteiger partial charge in [-0.15, -0.1) is 11.3 Å². The van der Waals surface area contributed by atoms with Crippen LogP contribution in [0.3, 0.4) is 0 Å². The number of amides is 1. The third kappa shape index (κ3) is 3.86. The van der Waals surface area contributed by atoms with Crippen LogP contribution >= 0.6 is 11.3 Å². The topological polar surface area (TPSA) is 109 Å². The largest absolute Gasteiger partial charge is 0.370 e. The van der Waals surface area contributed by atoms with Crippen molar-refractivity contribution in [2.75, 3.05) is 26.0 Å². The van der Waals surface area contributed by atoms with E-state index in [1.807, 2.05) is 6.07 Å². The first kappa shape index (κ1) is 22.8. The van der Waals surface area contributed by atoms with Crippen molar-refractivity contribution in [2.24, 2.45) is 0 Å². The molecule has 0 aliphatic carbocycles. The smallest absolute Gasteiger partial charge is 0.254 e. The van der Waals surface area contributed by atoms with Gasteiger partial charge in [0.15, 0.2) is 0 Å². The molecule has 1 aromatic carbocycles. The van der Waals surface area contributed by atoms with E-state index in [4.69, 9.17) is 9.72 Å². The molecule has 0 atom stereocenters. The van der Waals surface area contributed by atoms with Gasteiger partial charge in [0.25, 0.3) is 5.91 Å². The minimum absolute atomic E-state index is 0.0662. The van der Waals surface area contributed by atoms with Crippen LogP contribution in [-0.4, -0.2) is 62.0 Å². The van der Waals surface area contributed by atoms with Gasteiger partial charge in [-0.05, 0) is 38.0 Å². The van der Waals surface area contributed by atoms with Crippen molar-refractivity contribution >= 4 is 54.5 Å². The second-order valence-corrected chi connectivity index (χ2v) is 10.9. The number of pyridine rings is 1. The lowest BCUT2D eigenvalue weighted by atomic mass is 9.92. The zero-order valence-corrected chi connectivity index (χ0v) is 21.5. The number of hydrogen-bond donors (Lipinski definition) is 2. The van der Waals surface area contributed by atoms with Gasteiger partial charge in [-0.3, -0.25) is 4.79 Å². The number of fused-ring (bicyclic) bond motifs is 5. The lowest BCUT2D eigenvalue weighted by Gasteiger charge is -2.32. The fourth-order valence-electron chi connectivity index (χ4n) is 4.75. The molecule has 0 unspecified atom stereocenters. The van der Waals surface area contributed by atoms with Crippen LogP contribution < -0.4 is 5.32 Å². The number of aromatic amines is 1. The number of carbonyl (C=O) groups is 1. The molecule has 4 aromatic heterocycles. The fraction of sp³-hybridized carbons (Fsp3) is 0.346. The van der Waals surface area contributed by atoms with Crippen LogP contribution in [-0.2, 0) is 24.2 Å². The van der Waals surface area contributed by atoms with E-state index in [-0.39, 0.29) is 11.5 Å². The molecule has 0 bridgehead atoms. The maximum atomic E-state index is 13.4. The van der Waals surface area contributed by atoms with Crippen LogP contribution in [0.15, 0.2) is 30.9 Å². The molecule has 10 heteroatoms. The van der Waals surface area contributed by atoms with Gasteiger partial charge < -0.3 is 19.9 Å². The van der Waals surface area contributed by atoms with Gasteiger partial charge in [0, 0.05) is 32.6 Å². The highest BCUT2D eigenvalue weighted by Crippen LogP contribution is 2.41. The SMILES string of the molecule is CN(C)C(=O)c1c2c(nc3sc4c(NCCc5ccc6[nH]cnc6c5)ncnc4c13)CC(C)(C)OC2. The summed E-state index contributed by atoms with van der Waals surface area (Å²) in [5.74, 6) is 0.685. The molecule has 9 nitrogen and oxygen atoms in total. The zero-order valence-electron chi connectivity index (χ0n) is 20.7. The van der Waals surface area contributed by atoms with Gasteiger partial charge >= 0.3 is 0 Å². The molecule has 0 saturated heterocycles. The highest BCUT2D eigenvalue weighted by atomic mass is 32.1. The predicted octanol–water partition coefficient (Wildman–Crippen LogP) is 4.32. The van der Waals surface area contributed by atoms with E-state index in [1.54, 1.807) is 31.6 Å². The average molecular weight is 502 g/mol. The normalized spacial score (nSPS) is 14.9. The second-order valence-electron chi connectivity index (χ2n) is 9.95. The molecule has 6 rings (SSSR count). The van der Waals surface area contributed by atoms with E-state index in [9.17, 15) is 4.79 Å². The second kappa shape index (κ2) is 8.49. The van der Waals surface area contributed by atoms with Crippen molar-refractivity contribution in [2.45, 2.75) is 38.9 Å². The van der Waals surface area contributed by atoms with Crippen LogP contribution in [0.2, 0.25) is 0 Å². The number of hydrogen-bond acceptors (Lipinski definition) is 8. The van der Waals surface area contributed by atoms with Crippen molar-refractivity contribution in [1.29, 1.82) is 0 Å². The van der Waals surface area contributed by atoms with Gasteiger partial charge in [-0.25, -0.2) is 19.9 Å². The molecule has 0 saturated carbocycles. The first-order valence-corrected chi connectivity index (χ1v) is 12.7. The highest BCUT2D eigenvalue weighted by Gasteiger charge is 2.33. The van der Waals surface area contributed by atoms with Crippen LogP contribution in [0.1, 0.15) is 41.0 Å². The van der Waals surface area contributed by atoms with Crippen molar-refractivity contribution in [3.8, 4) is 0 Å². The molecule has 2 N–H and O–H groups in total. The Kier molecular flexibility index (Phi) is 5.38. The fourth-order valence-corrected chi connectivity index (χ4v) is 5.88. The summed E-state index contributed by atoms with van der Waals surface area (Å²) in [5.41, 5.74) is 6.03. The molecule has 1 amide bonds. The summed E-state index contributed by atoms with van der Waals surface area (Å²) in [6.45, 7) is 5.16. The number of nitrogens with one attached hydrogen (secondary N) is 2. The summed E-state index contributed by atoms with van der Waals surface area (Å²) in [6, 6.07) is 6.25. The standard InChI is InChI=1S/C26H27N7O2S/c1-26(2)10-18-15(11-35-26)19(25(34)33(3)4)20-21-22(36-24(20)32-18)23(31-13-30-21)27-8-7-14-5-6-16-17(9-14)29-12-28-16/h5-6,9,12-13H,7-8,10-11H2,1-4H3,(H,28,29)(H,27,30,31). The number of carbonyl (C=O) groups excluding carboxylic acids is 1. The van der Waals surface area contributed by atoms with Crippen LogP contribution in [0.4, 0.5) is 5.82 Å². The molecule has 184 valence electrons. The number of thiophene rings is 1. The maximum absolute atomic E-state index is 13.4. The highest BCUT2D eigenvalue weighted by molar-refractivity contribution is 7.26. The van der Waals surface area contributed by atoms with Gasteiger partial charge in [0.1, 0.15) is 17.0 Å². The van der Waals surface area contributed by atoms with E-state index >= 15 is 0 Å².